The van der Waals surface area contributed by atoms with E-state index in [1.165, 1.54) is 29.7 Å². The predicted octanol–water partition coefficient (Wildman–Crippen LogP) is 6.24. The molecule has 2 aliphatic heterocycles. The molecule has 0 bridgehead atoms. The molecule has 2 fully saturated rings. The van der Waals surface area contributed by atoms with Crippen LogP contribution in [-0.2, 0) is 0 Å². The summed E-state index contributed by atoms with van der Waals surface area (Å²) in [6, 6.07) is 15.6. The van der Waals surface area contributed by atoms with Gasteiger partial charge in [0.1, 0.15) is 11.6 Å². The third-order valence-electron chi connectivity index (χ3n) is 7.62. The number of benzene rings is 2. The number of likely N-dealkylation sites (tertiary alicyclic amines) is 1. The predicted molar refractivity (Wildman–Crippen MR) is 153 cm³/mol. The van der Waals surface area contributed by atoms with E-state index >= 15 is 0 Å². The number of thiophene rings is 1. The van der Waals surface area contributed by atoms with Gasteiger partial charge in [-0.1, -0.05) is 24.3 Å². The van der Waals surface area contributed by atoms with E-state index in [1.54, 1.807) is 16.2 Å². The monoisotopic (exact) mass is 600 g/mol. The summed E-state index contributed by atoms with van der Waals surface area (Å²) in [5.74, 6) is 0.215. The minimum absolute atomic E-state index is 0.0178. The number of alkyl halides is 3. The summed E-state index contributed by atoms with van der Waals surface area (Å²) in [5, 5.41) is 3.05. The van der Waals surface area contributed by atoms with Gasteiger partial charge < -0.3 is 19.4 Å². The molecule has 2 saturated heterocycles. The van der Waals surface area contributed by atoms with Crippen LogP contribution in [0.25, 0.3) is 10.1 Å². The first-order chi connectivity index (χ1) is 19.8. The minimum Gasteiger partial charge on any atom is -0.405 e. The van der Waals surface area contributed by atoms with E-state index in [4.69, 9.17) is 0 Å². The number of carbonyl (C=O) groups is 2. The zero-order chi connectivity index (χ0) is 28.6. The van der Waals surface area contributed by atoms with Crippen LogP contribution in [0, 0.1) is 0 Å². The number of aromatic nitrogens is 1. The summed E-state index contributed by atoms with van der Waals surface area (Å²) < 4.78 is 48.2. The van der Waals surface area contributed by atoms with Crippen molar-refractivity contribution in [3.63, 3.8) is 0 Å². The standard InChI is InChI=1S/C29H27F3N4O3S2/c30-29(31,32)39-23-7-3-1-5-21(23)28(38)35-11-9-19(10-12-35)25-17-20(18-40-25)27(37)36-15-13-34(14-16-36)26-22-6-2-4-8-24(22)41-33-26/h1-8,17-19H,9-16H2. The van der Waals surface area contributed by atoms with Gasteiger partial charge in [0.2, 0.25) is 0 Å². The molecular formula is C29H27F3N4O3S2. The molecule has 2 aliphatic rings. The van der Waals surface area contributed by atoms with Gasteiger partial charge in [0.05, 0.1) is 15.8 Å². The lowest BCUT2D eigenvalue weighted by atomic mass is 9.94. The van der Waals surface area contributed by atoms with Gasteiger partial charge in [-0.25, -0.2) is 0 Å². The van der Waals surface area contributed by atoms with Crippen LogP contribution < -0.4 is 9.64 Å². The second kappa shape index (κ2) is 11.3. The van der Waals surface area contributed by atoms with Gasteiger partial charge in [-0.05, 0) is 60.6 Å². The zero-order valence-corrected chi connectivity index (χ0v) is 23.6. The van der Waals surface area contributed by atoms with Crippen LogP contribution in [0.4, 0.5) is 19.0 Å². The lowest BCUT2D eigenvalue weighted by Crippen LogP contribution is -2.48. The van der Waals surface area contributed by atoms with Crippen molar-refractivity contribution in [1.29, 1.82) is 0 Å². The minimum atomic E-state index is -4.87. The first-order valence-corrected chi connectivity index (χ1v) is 15.0. The number of hydrogen-bond donors (Lipinski definition) is 0. The van der Waals surface area contributed by atoms with E-state index in [-0.39, 0.29) is 17.4 Å². The Labute approximate surface area is 242 Å². The van der Waals surface area contributed by atoms with Crippen molar-refractivity contribution in [1.82, 2.24) is 14.2 Å². The number of piperidine rings is 1. The molecule has 0 spiro atoms. The Bertz CT molecular complexity index is 1550. The molecule has 0 radical (unpaired) electrons. The van der Waals surface area contributed by atoms with E-state index in [2.05, 4.69) is 26.1 Å². The molecule has 4 aromatic rings. The Morgan fingerprint density at radius 3 is 2.32 bits per heavy atom. The van der Waals surface area contributed by atoms with Gasteiger partial charge in [-0.15, -0.1) is 24.5 Å². The largest absolute Gasteiger partial charge is 0.573 e. The Balaban J connectivity index is 1.04. The number of anilines is 1. The number of fused-ring (bicyclic) bond motifs is 1. The van der Waals surface area contributed by atoms with Crippen LogP contribution in [0.2, 0.25) is 0 Å². The van der Waals surface area contributed by atoms with Crippen molar-refractivity contribution in [3.05, 3.63) is 76.0 Å². The molecule has 0 N–H and O–H groups in total. The van der Waals surface area contributed by atoms with Crippen LogP contribution >= 0.6 is 22.9 Å². The summed E-state index contributed by atoms with van der Waals surface area (Å²) in [4.78, 5) is 33.1. The molecule has 0 atom stereocenters. The number of hydrogen-bond acceptors (Lipinski definition) is 7. The molecule has 0 aliphatic carbocycles. The van der Waals surface area contributed by atoms with Crippen LogP contribution in [0.15, 0.2) is 60.0 Å². The summed E-state index contributed by atoms with van der Waals surface area (Å²) in [5.41, 5.74) is 0.574. The Morgan fingerprint density at radius 2 is 1.56 bits per heavy atom. The molecule has 7 nitrogen and oxygen atoms in total. The molecule has 214 valence electrons. The van der Waals surface area contributed by atoms with E-state index in [0.717, 1.165) is 39.9 Å². The van der Waals surface area contributed by atoms with Crippen LogP contribution in [0.1, 0.15) is 44.4 Å². The van der Waals surface area contributed by atoms with Gasteiger partial charge in [-0.3, -0.25) is 9.59 Å². The maximum Gasteiger partial charge on any atom is 0.573 e. The number of amides is 2. The highest BCUT2D eigenvalue weighted by atomic mass is 32.1. The maximum absolute atomic E-state index is 13.3. The number of para-hydroxylation sites is 1. The number of carbonyl (C=O) groups excluding carboxylic acids is 2. The second-order valence-electron chi connectivity index (χ2n) is 10.1. The number of rotatable bonds is 5. The van der Waals surface area contributed by atoms with Crippen molar-refractivity contribution in [3.8, 4) is 5.75 Å². The third-order valence-corrected chi connectivity index (χ3v) is 9.53. The Hall–Kier alpha value is -3.64. The lowest BCUT2D eigenvalue weighted by Gasteiger charge is -2.35. The van der Waals surface area contributed by atoms with Crippen LogP contribution in [0.5, 0.6) is 5.75 Å². The highest BCUT2D eigenvalue weighted by Gasteiger charge is 2.34. The molecule has 0 unspecified atom stereocenters. The highest BCUT2D eigenvalue weighted by Crippen LogP contribution is 2.35. The molecule has 2 aromatic heterocycles. The number of piperazine rings is 1. The summed E-state index contributed by atoms with van der Waals surface area (Å²) in [6.07, 6.45) is -3.54. The van der Waals surface area contributed by atoms with Crippen molar-refractivity contribution in [2.45, 2.75) is 25.1 Å². The molecule has 12 heteroatoms. The Kier molecular flexibility index (Phi) is 7.60. The third kappa shape index (κ3) is 5.89. The second-order valence-corrected chi connectivity index (χ2v) is 11.9. The van der Waals surface area contributed by atoms with Crippen molar-refractivity contribution in [2.75, 3.05) is 44.2 Å². The van der Waals surface area contributed by atoms with Crippen molar-refractivity contribution in [2.24, 2.45) is 0 Å². The molecule has 2 aromatic carbocycles. The van der Waals surface area contributed by atoms with Gasteiger partial charge in [0.25, 0.3) is 11.8 Å². The first kappa shape index (κ1) is 27.5. The average molecular weight is 601 g/mol. The topological polar surface area (TPSA) is 66.0 Å². The normalized spacial score (nSPS) is 16.8. The quantitative estimate of drug-likeness (QED) is 0.272. The number of halogens is 3. The first-order valence-electron chi connectivity index (χ1n) is 13.4. The van der Waals surface area contributed by atoms with Gasteiger partial charge in [-0.2, -0.15) is 4.37 Å². The Morgan fingerprint density at radius 1 is 0.878 bits per heavy atom. The van der Waals surface area contributed by atoms with Crippen molar-refractivity contribution < 1.29 is 27.5 Å². The fraction of sp³-hybridized carbons (Fsp3) is 0.345. The van der Waals surface area contributed by atoms with E-state index in [0.29, 0.717) is 44.6 Å². The fourth-order valence-electron chi connectivity index (χ4n) is 5.48. The fourth-order valence-corrected chi connectivity index (χ4v) is 7.33. The summed E-state index contributed by atoms with van der Waals surface area (Å²) in [7, 11) is 0. The van der Waals surface area contributed by atoms with Crippen molar-refractivity contribution >= 4 is 50.6 Å². The van der Waals surface area contributed by atoms with Gasteiger partial charge in [0, 0.05) is 54.9 Å². The number of ether oxygens (including phenoxy) is 1. The van der Waals surface area contributed by atoms with Gasteiger partial charge >= 0.3 is 6.36 Å². The molecule has 4 heterocycles. The maximum atomic E-state index is 13.3. The molecular weight excluding hydrogens is 573 g/mol. The highest BCUT2D eigenvalue weighted by molar-refractivity contribution is 7.13. The lowest BCUT2D eigenvalue weighted by molar-refractivity contribution is -0.274. The SMILES string of the molecule is O=C(c1csc(C2CCN(C(=O)c3ccccc3OC(F)(F)F)CC2)c1)N1CCN(c2nsc3ccccc23)CC1. The summed E-state index contributed by atoms with van der Waals surface area (Å²) >= 11 is 3.04. The molecule has 2 amide bonds. The van der Waals surface area contributed by atoms with Crippen LogP contribution in [-0.4, -0.2) is 71.6 Å². The average Bonchev–Trinajstić information content (AvgIpc) is 3.64. The van der Waals surface area contributed by atoms with Crippen LogP contribution in [0.3, 0.4) is 0 Å². The summed E-state index contributed by atoms with van der Waals surface area (Å²) in [6.45, 7) is 3.52. The smallest absolute Gasteiger partial charge is 0.405 e. The van der Waals surface area contributed by atoms with E-state index in [9.17, 15) is 22.8 Å². The number of nitrogens with zero attached hydrogens (tertiary/aromatic N) is 4. The molecule has 6 rings (SSSR count). The van der Waals surface area contributed by atoms with Gasteiger partial charge in [0.15, 0.2) is 0 Å². The zero-order valence-electron chi connectivity index (χ0n) is 22.0. The van der Waals surface area contributed by atoms with E-state index in [1.807, 2.05) is 28.5 Å². The molecule has 41 heavy (non-hydrogen) atoms. The van der Waals surface area contributed by atoms with E-state index < -0.39 is 18.0 Å². The molecule has 0 saturated carbocycles.